The van der Waals surface area contributed by atoms with Gasteiger partial charge in [-0.05, 0) is 49.1 Å². The van der Waals surface area contributed by atoms with Crippen LogP contribution >= 0.6 is 0 Å². The lowest BCUT2D eigenvalue weighted by Crippen LogP contribution is -2.51. The van der Waals surface area contributed by atoms with E-state index in [1.807, 2.05) is 43.3 Å². The summed E-state index contributed by atoms with van der Waals surface area (Å²) < 4.78 is 0. The number of aliphatic hydroxyl groups is 2. The van der Waals surface area contributed by atoms with E-state index in [4.69, 9.17) is 0 Å². The van der Waals surface area contributed by atoms with Crippen LogP contribution in [0.25, 0.3) is 11.1 Å². The Balaban J connectivity index is 1.99. The van der Waals surface area contributed by atoms with Gasteiger partial charge in [0.25, 0.3) is 11.8 Å². The smallest absolute Gasteiger partial charge is 0.254 e. The quantitative estimate of drug-likeness (QED) is 0.598. The Labute approximate surface area is 171 Å². The molecule has 1 aromatic carbocycles. The second-order valence-electron chi connectivity index (χ2n) is 6.90. The van der Waals surface area contributed by atoms with Crippen molar-refractivity contribution in [3.8, 4) is 11.1 Å². The fourth-order valence-corrected chi connectivity index (χ4v) is 3.05. The van der Waals surface area contributed by atoms with Crippen LogP contribution in [-0.2, 0) is 9.59 Å². The van der Waals surface area contributed by atoms with Gasteiger partial charge in [0, 0.05) is 25.5 Å². The Morgan fingerprint density at radius 3 is 2.14 bits per heavy atom. The molecule has 156 valence electrons. The highest BCUT2D eigenvalue weighted by Crippen LogP contribution is 2.21. The topological polar surface area (TPSA) is 103 Å². The van der Waals surface area contributed by atoms with Crippen molar-refractivity contribution in [2.24, 2.45) is 0 Å². The summed E-state index contributed by atoms with van der Waals surface area (Å²) in [5.41, 5.74) is 2.89. The molecule has 0 saturated heterocycles. The first-order valence-corrected chi connectivity index (χ1v) is 9.84. The van der Waals surface area contributed by atoms with Crippen molar-refractivity contribution in [1.29, 1.82) is 0 Å². The normalized spacial score (nSPS) is 14.0. The first-order valence-electron chi connectivity index (χ1n) is 9.84. The fourth-order valence-electron chi connectivity index (χ4n) is 3.05. The van der Waals surface area contributed by atoms with Crippen molar-refractivity contribution in [1.82, 2.24) is 15.2 Å². The molecule has 1 aromatic heterocycles. The number of nitrogens with one attached hydrogen (secondary N) is 1. The van der Waals surface area contributed by atoms with Gasteiger partial charge >= 0.3 is 0 Å². The molecule has 3 atom stereocenters. The molecular weight excluding hydrogens is 370 g/mol. The zero-order valence-electron chi connectivity index (χ0n) is 17.1. The molecule has 7 nitrogen and oxygen atoms in total. The predicted octanol–water partition coefficient (Wildman–Crippen LogP) is 1.91. The number of rotatable bonds is 9. The molecule has 0 saturated carbocycles. The number of hydrogen-bond donors (Lipinski definition) is 3. The van der Waals surface area contributed by atoms with Gasteiger partial charge in [-0.25, -0.2) is 0 Å². The van der Waals surface area contributed by atoms with Crippen LogP contribution in [0.1, 0.15) is 38.8 Å². The highest BCUT2D eigenvalue weighted by molar-refractivity contribution is 5.90. The van der Waals surface area contributed by atoms with Gasteiger partial charge in [-0.2, -0.15) is 0 Å². The Bertz CT molecular complexity index is 795. The number of pyridine rings is 1. The van der Waals surface area contributed by atoms with E-state index in [2.05, 4.69) is 10.3 Å². The van der Waals surface area contributed by atoms with Gasteiger partial charge in [0.1, 0.15) is 0 Å². The largest absolute Gasteiger partial charge is 0.380 e. The lowest BCUT2D eigenvalue weighted by molar-refractivity contribution is -0.153. The Kier molecular flexibility index (Phi) is 8.30. The SMILES string of the molecule is CCCN(CC)C(=O)C(O)C(O)C(=O)NC(C)c1ccc(-c2ccncc2)cc1. The number of likely N-dealkylation sites (N-methyl/N-ethyl adjacent to an activating group) is 1. The molecule has 0 bridgehead atoms. The fraction of sp³-hybridized carbons (Fsp3) is 0.409. The number of nitrogens with zero attached hydrogens (tertiary/aromatic N) is 2. The van der Waals surface area contributed by atoms with Gasteiger partial charge in [-0.15, -0.1) is 0 Å². The lowest BCUT2D eigenvalue weighted by atomic mass is 10.0. The molecular formula is C22H29N3O4. The highest BCUT2D eigenvalue weighted by atomic mass is 16.3. The summed E-state index contributed by atoms with van der Waals surface area (Å²) in [6, 6.07) is 11.1. The summed E-state index contributed by atoms with van der Waals surface area (Å²) >= 11 is 0. The number of aromatic nitrogens is 1. The molecule has 3 unspecified atom stereocenters. The van der Waals surface area contributed by atoms with E-state index in [0.717, 1.165) is 23.1 Å². The number of carbonyl (C=O) groups is 2. The molecule has 3 N–H and O–H groups in total. The molecule has 1 heterocycles. The van der Waals surface area contributed by atoms with Crippen molar-refractivity contribution < 1.29 is 19.8 Å². The minimum atomic E-state index is -1.83. The second kappa shape index (κ2) is 10.7. The summed E-state index contributed by atoms with van der Waals surface area (Å²) in [6.07, 6.45) is 0.552. The van der Waals surface area contributed by atoms with Crippen LogP contribution in [0.15, 0.2) is 48.8 Å². The molecule has 0 radical (unpaired) electrons. The molecule has 2 aromatic rings. The molecule has 0 fully saturated rings. The van der Waals surface area contributed by atoms with Crippen LogP contribution in [0.4, 0.5) is 0 Å². The van der Waals surface area contributed by atoms with E-state index in [1.165, 1.54) is 4.90 Å². The summed E-state index contributed by atoms with van der Waals surface area (Å²) in [7, 11) is 0. The van der Waals surface area contributed by atoms with Crippen LogP contribution in [-0.4, -0.2) is 57.2 Å². The van der Waals surface area contributed by atoms with Crippen molar-refractivity contribution >= 4 is 11.8 Å². The van der Waals surface area contributed by atoms with Crippen LogP contribution in [0.5, 0.6) is 0 Å². The predicted molar refractivity (Wildman–Crippen MR) is 111 cm³/mol. The van der Waals surface area contributed by atoms with Crippen molar-refractivity contribution in [2.45, 2.75) is 45.4 Å². The minimum absolute atomic E-state index is 0.399. The zero-order chi connectivity index (χ0) is 21.4. The summed E-state index contributed by atoms with van der Waals surface area (Å²) in [6.45, 7) is 6.33. The van der Waals surface area contributed by atoms with Crippen molar-refractivity contribution in [3.05, 3.63) is 54.4 Å². The summed E-state index contributed by atoms with van der Waals surface area (Å²) in [4.78, 5) is 30.0. The van der Waals surface area contributed by atoms with Gasteiger partial charge in [-0.3, -0.25) is 14.6 Å². The first kappa shape index (κ1) is 22.5. The van der Waals surface area contributed by atoms with Crippen molar-refractivity contribution in [2.75, 3.05) is 13.1 Å². The third kappa shape index (κ3) is 5.85. The third-order valence-corrected chi connectivity index (χ3v) is 4.79. The molecule has 0 aliphatic heterocycles. The standard InChI is InChI=1S/C22H29N3O4/c1-4-14-25(5-2)22(29)20(27)19(26)21(28)24-15(3)16-6-8-17(9-7-16)18-10-12-23-13-11-18/h6-13,15,19-20,26-27H,4-5,14H2,1-3H3,(H,24,28). The van der Waals surface area contributed by atoms with Crippen LogP contribution in [0.2, 0.25) is 0 Å². The Morgan fingerprint density at radius 2 is 1.59 bits per heavy atom. The molecule has 2 amide bonds. The number of benzene rings is 1. The van der Waals surface area contributed by atoms with Crippen molar-refractivity contribution in [3.63, 3.8) is 0 Å². The van der Waals surface area contributed by atoms with E-state index in [-0.39, 0.29) is 0 Å². The van der Waals surface area contributed by atoms with Gasteiger partial charge in [0.05, 0.1) is 6.04 Å². The molecule has 2 rings (SSSR count). The number of hydrogen-bond acceptors (Lipinski definition) is 5. The monoisotopic (exact) mass is 399 g/mol. The van der Waals surface area contributed by atoms with E-state index in [1.54, 1.807) is 26.2 Å². The average Bonchev–Trinajstić information content (AvgIpc) is 2.76. The highest BCUT2D eigenvalue weighted by Gasteiger charge is 2.33. The Hall–Kier alpha value is -2.77. The summed E-state index contributed by atoms with van der Waals surface area (Å²) in [5.74, 6) is -1.43. The molecule has 29 heavy (non-hydrogen) atoms. The van der Waals surface area contributed by atoms with Crippen LogP contribution < -0.4 is 5.32 Å². The van der Waals surface area contributed by atoms with Gasteiger partial charge in [0.15, 0.2) is 12.2 Å². The minimum Gasteiger partial charge on any atom is -0.380 e. The number of amides is 2. The number of aliphatic hydroxyl groups excluding tert-OH is 2. The maximum atomic E-state index is 12.3. The Morgan fingerprint density at radius 1 is 1.00 bits per heavy atom. The molecule has 7 heteroatoms. The molecule has 0 aliphatic carbocycles. The van der Waals surface area contributed by atoms with E-state index in [9.17, 15) is 19.8 Å². The average molecular weight is 399 g/mol. The second-order valence-corrected chi connectivity index (χ2v) is 6.90. The maximum Gasteiger partial charge on any atom is 0.254 e. The first-order chi connectivity index (χ1) is 13.9. The van der Waals surface area contributed by atoms with E-state index >= 15 is 0 Å². The van der Waals surface area contributed by atoms with Crippen LogP contribution in [0, 0.1) is 0 Å². The van der Waals surface area contributed by atoms with E-state index < -0.39 is 30.1 Å². The third-order valence-electron chi connectivity index (χ3n) is 4.79. The lowest BCUT2D eigenvalue weighted by Gasteiger charge is -2.26. The summed E-state index contributed by atoms with van der Waals surface area (Å²) in [5, 5.41) is 22.9. The number of carbonyl (C=O) groups excluding carboxylic acids is 2. The van der Waals surface area contributed by atoms with E-state index in [0.29, 0.717) is 13.1 Å². The molecule has 0 spiro atoms. The van der Waals surface area contributed by atoms with Gasteiger partial charge in [0.2, 0.25) is 0 Å². The maximum absolute atomic E-state index is 12.3. The zero-order valence-corrected chi connectivity index (χ0v) is 17.1. The van der Waals surface area contributed by atoms with Gasteiger partial charge in [-0.1, -0.05) is 31.2 Å². The van der Waals surface area contributed by atoms with Gasteiger partial charge < -0.3 is 20.4 Å². The molecule has 0 aliphatic rings. The van der Waals surface area contributed by atoms with Crippen LogP contribution in [0.3, 0.4) is 0 Å².